The largest absolute Gasteiger partial charge is 0.299 e. The first kappa shape index (κ1) is 12.0. The van der Waals surface area contributed by atoms with Gasteiger partial charge < -0.3 is 0 Å². The Balaban J connectivity index is 2.70. The van der Waals surface area contributed by atoms with Crippen LogP contribution in [-0.4, -0.2) is 5.78 Å². The molecule has 1 nitrogen and oxygen atoms in total. The second-order valence-corrected chi connectivity index (χ2v) is 5.02. The van der Waals surface area contributed by atoms with Gasteiger partial charge in [0, 0.05) is 11.8 Å². The van der Waals surface area contributed by atoms with Gasteiger partial charge in [-0.15, -0.1) is 0 Å². The van der Waals surface area contributed by atoms with Crippen molar-refractivity contribution in [2.45, 2.75) is 40.5 Å². The molecule has 0 atom stereocenters. The fourth-order valence-corrected chi connectivity index (χ4v) is 1.34. The van der Waals surface area contributed by atoms with Crippen molar-refractivity contribution in [3.63, 3.8) is 0 Å². The Hall–Kier alpha value is -1.11. The highest BCUT2D eigenvalue weighted by Gasteiger charge is 2.20. The zero-order valence-corrected chi connectivity index (χ0v) is 10.1. The maximum Gasteiger partial charge on any atom is 0.142 e. The van der Waals surface area contributed by atoms with E-state index in [2.05, 4.69) is 31.2 Å². The van der Waals surface area contributed by atoms with Crippen LogP contribution in [0.25, 0.3) is 0 Å². The van der Waals surface area contributed by atoms with Gasteiger partial charge >= 0.3 is 0 Å². The van der Waals surface area contributed by atoms with E-state index >= 15 is 0 Å². The average molecular weight is 204 g/mol. The van der Waals surface area contributed by atoms with Crippen LogP contribution in [-0.2, 0) is 17.6 Å². The quantitative estimate of drug-likeness (QED) is 0.737. The molecule has 0 saturated heterocycles. The van der Waals surface area contributed by atoms with Gasteiger partial charge in [0.25, 0.3) is 0 Å². The van der Waals surface area contributed by atoms with Gasteiger partial charge in [0.1, 0.15) is 5.78 Å². The third kappa shape index (κ3) is 3.50. The molecule has 0 aliphatic heterocycles. The Morgan fingerprint density at radius 2 is 1.53 bits per heavy atom. The minimum absolute atomic E-state index is 0.233. The van der Waals surface area contributed by atoms with Gasteiger partial charge in [-0.2, -0.15) is 0 Å². The molecule has 15 heavy (non-hydrogen) atoms. The summed E-state index contributed by atoms with van der Waals surface area (Å²) in [6.07, 6.45) is 1.60. The van der Waals surface area contributed by atoms with Crippen LogP contribution in [0.1, 0.15) is 38.8 Å². The summed E-state index contributed by atoms with van der Waals surface area (Å²) in [5.74, 6) is 0.298. The van der Waals surface area contributed by atoms with Crippen molar-refractivity contribution >= 4 is 5.78 Å². The fraction of sp³-hybridized carbons (Fsp3) is 0.500. The van der Waals surface area contributed by atoms with Crippen LogP contribution in [0.15, 0.2) is 24.3 Å². The summed E-state index contributed by atoms with van der Waals surface area (Å²) in [5.41, 5.74) is 2.21. The normalized spacial score (nSPS) is 11.5. The van der Waals surface area contributed by atoms with Crippen molar-refractivity contribution in [2.75, 3.05) is 0 Å². The summed E-state index contributed by atoms with van der Waals surface area (Å²) in [5, 5.41) is 0. The van der Waals surface area contributed by atoms with Crippen LogP contribution >= 0.6 is 0 Å². The number of carbonyl (C=O) groups excluding carboxylic acids is 1. The Kier molecular flexibility index (Phi) is 3.67. The molecule has 0 aliphatic carbocycles. The van der Waals surface area contributed by atoms with Crippen molar-refractivity contribution in [3.8, 4) is 0 Å². The maximum absolute atomic E-state index is 11.8. The lowest BCUT2D eigenvalue weighted by molar-refractivity contribution is -0.125. The monoisotopic (exact) mass is 204 g/mol. The lowest BCUT2D eigenvalue weighted by Crippen LogP contribution is -2.22. The van der Waals surface area contributed by atoms with E-state index in [4.69, 9.17) is 0 Å². The number of rotatable bonds is 3. The zero-order valence-electron chi connectivity index (χ0n) is 10.1. The molecule has 0 N–H and O–H groups in total. The maximum atomic E-state index is 11.8. The van der Waals surface area contributed by atoms with Crippen LogP contribution in [0.2, 0.25) is 0 Å². The van der Waals surface area contributed by atoms with Gasteiger partial charge in [-0.1, -0.05) is 52.0 Å². The third-order valence-corrected chi connectivity index (χ3v) is 2.63. The number of hydrogen-bond acceptors (Lipinski definition) is 1. The van der Waals surface area contributed by atoms with E-state index < -0.39 is 0 Å². The topological polar surface area (TPSA) is 17.1 Å². The molecule has 1 rings (SSSR count). The summed E-state index contributed by atoms with van der Waals surface area (Å²) in [4.78, 5) is 11.8. The average Bonchev–Trinajstić information content (AvgIpc) is 2.17. The van der Waals surface area contributed by atoms with Gasteiger partial charge in [-0.05, 0) is 17.5 Å². The molecule has 0 radical (unpaired) electrons. The van der Waals surface area contributed by atoms with E-state index in [1.165, 1.54) is 5.56 Å². The molecule has 1 heteroatoms. The van der Waals surface area contributed by atoms with Crippen LogP contribution in [0.4, 0.5) is 0 Å². The molecule has 0 heterocycles. The number of Topliss-reactive ketones (excluding diaryl/α,β-unsaturated/α-hetero) is 1. The zero-order chi connectivity index (χ0) is 11.5. The van der Waals surface area contributed by atoms with E-state index in [1.807, 2.05) is 20.8 Å². The standard InChI is InChI=1S/C14H20O/c1-5-11-6-8-12(9-7-11)10-13(15)14(2,3)4/h6-9H,5,10H2,1-4H3. The molecular weight excluding hydrogens is 184 g/mol. The summed E-state index contributed by atoms with van der Waals surface area (Å²) in [6.45, 7) is 8.04. The van der Waals surface area contributed by atoms with Crippen LogP contribution < -0.4 is 0 Å². The van der Waals surface area contributed by atoms with Gasteiger partial charge in [-0.25, -0.2) is 0 Å². The van der Waals surface area contributed by atoms with Crippen LogP contribution in [0.3, 0.4) is 0 Å². The molecule has 0 aliphatic rings. The molecule has 82 valence electrons. The summed E-state index contributed by atoms with van der Waals surface area (Å²) in [6, 6.07) is 8.32. The van der Waals surface area contributed by atoms with Crippen molar-refractivity contribution in [1.82, 2.24) is 0 Å². The van der Waals surface area contributed by atoms with Crippen molar-refractivity contribution in [3.05, 3.63) is 35.4 Å². The van der Waals surface area contributed by atoms with E-state index in [9.17, 15) is 4.79 Å². The van der Waals surface area contributed by atoms with E-state index in [1.54, 1.807) is 0 Å². The van der Waals surface area contributed by atoms with Gasteiger partial charge in [0.2, 0.25) is 0 Å². The van der Waals surface area contributed by atoms with Gasteiger partial charge in [-0.3, -0.25) is 4.79 Å². The predicted octanol–water partition coefficient (Wildman–Crippen LogP) is 3.41. The number of carbonyl (C=O) groups is 1. The summed E-state index contributed by atoms with van der Waals surface area (Å²) < 4.78 is 0. The van der Waals surface area contributed by atoms with Crippen LogP contribution in [0.5, 0.6) is 0 Å². The lowest BCUT2D eigenvalue weighted by Gasteiger charge is -2.16. The lowest BCUT2D eigenvalue weighted by atomic mass is 9.87. The van der Waals surface area contributed by atoms with Crippen molar-refractivity contribution in [2.24, 2.45) is 5.41 Å². The third-order valence-electron chi connectivity index (χ3n) is 2.63. The fourth-order valence-electron chi connectivity index (χ4n) is 1.34. The minimum atomic E-state index is -0.233. The first-order valence-electron chi connectivity index (χ1n) is 5.54. The first-order chi connectivity index (χ1) is 6.93. The Morgan fingerprint density at radius 1 is 1.07 bits per heavy atom. The van der Waals surface area contributed by atoms with Crippen molar-refractivity contribution in [1.29, 1.82) is 0 Å². The van der Waals surface area contributed by atoms with Gasteiger partial charge in [0.05, 0.1) is 0 Å². The number of hydrogen-bond donors (Lipinski definition) is 0. The van der Waals surface area contributed by atoms with Crippen molar-refractivity contribution < 1.29 is 4.79 Å². The Bertz CT molecular complexity index is 327. The highest BCUT2D eigenvalue weighted by atomic mass is 16.1. The van der Waals surface area contributed by atoms with E-state index in [0.717, 1.165) is 12.0 Å². The second kappa shape index (κ2) is 4.61. The molecule has 1 aromatic rings. The van der Waals surface area contributed by atoms with Crippen LogP contribution in [0, 0.1) is 5.41 Å². The summed E-state index contributed by atoms with van der Waals surface area (Å²) in [7, 11) is 0. The van der Waals surface area contributed by atoms with E-state index in [0.29, 0.717) is 12.2 Å². The predicted molar refractivity (Wildman–Crippen MR) is 64.0 cm³/mol. The smallest absolute Gasteiger partial charge is 0.142 e. The molecule has 0 bridgehead atoms. The molecule has 0 fully saturated rings. The molecule has 0 unspecified atom stereocenters. The minimum Gasteiger partial charge on any atom is -0.299 e. The number of aryl methyl sites for hydroxylation is 1. The van der Waals surface area contributed by atoms with Gasteiger partial charge in [0.15, 0.2) is 0 Å². The van der Waals surface area contributed by atoms with E-state index in [-0.39, 0.29) is 5.41 Å². The number of benzene rings is 1. The highest BCUT2D eigenvalue weighted by molar-refractivity contribution is 5.85. The molecule has 1 aromatic carbocycles. The number of ketones is 1. The molecular formula is C14H20O. The highest BCUT2D eigenvalue weighted by Crippen LogP contribution is 2.18. The Morgan fingerprint density at radius 3 is 1.93 bits per heavy atom. The Labute approximate surface area is 92.5 Å². The second-order valence-electron chi connectivity index (χ2n) is 5.02. The molecule has 0 aromatic heterocycles. The molecule has 0 saturated carbocycles. The molecule has 0 spiro atoms. The summed E-state index contributed by atoms with van der Waals surface area (Å²) >= 11 is 0. The SMILES string of the molecule is CCc1ccc(CC(=O)C(C)(C)C)cc1. The first-order valence-corrected chi connectivity index (χ1v) is 5.54. The molecule has 0 amide bonds.